The summed E-state index contributed by atoms with van der Waals surface area (Å²) in [6.45, 7) is 5.06. The number of hydrogen-bond donors (Lipinski definition) is 2. The highest BCUT2D eigenvalue weighted by molar-refractivity contribution is 5.80. The van der Waals surface area contributed by atoms with Crippen LogP contribution in [0, 0.1) is 0 Å². The van der Waals surface area contributed by atoms with E-state index >= 15 is 0 Å². The van der Waals surface area contributed by atoms with Gasteiger partial charge in [0.05, 0.1) is 0 Å². The lowest BCUT2D eigenvalue weighted by Crippen LogP contribution is -2.36. The smallest absolute Gasteiger partial charge is 0.260 e. The van der Waals surface area contributed by atoms with Crippen molar-refractivity contribution < 1.29 is 19.0 Å². The van der Waals surface area contributed by atoms with Crippen LogP contribution < -0.4 is 25.3 Å². The van der Waals surface area contributed by atoms with Gasteiger partial charge < -0.3 is 25.3 Å². The van der Waals surface area contributed by atoms with Crippen LogP contribution in [0.2, 0.25) is 0 Å². The molecule has 21 heavy (non-hydrogen) atoms. The fraction of sp³-hybridized carbons (Fsp3) is 0.533. The lowest BCUT2D eigenvalue weighted by atomic mass is 10.1. The molecule has 1 atom stereocenters. The van der Waals surface area contributed by atoms with Gasteiger partial charge in [-0.15, -0.1) is 0 Å². The molecule has 0 fully saturated rings. The van der Waals surface area contributed by atoms with E-state index < -0.39 is 6.10 Å². The van der Waals surface area contributed by atoms with E-state index in [1.807, 2.05) is 13.0 Å². The summed E-state index contributed by atoms with van der Waals surface area (Å²) in [6.07, 6.45) is 0.962. The summed E-state index contributed by atoms with van der Waals surface area (Å²) >= 11 is 0. The molecular weight excluding hydrogens is 272 g/mol. The molecule has 1 aromatic carbocycles. The first-order valence-corrected chi connectivity index (χ1v) is 7.22. The number of ether oxygens (including phenoxy) is 3. The first-order chi connectivity index (χ1) is 10.2. The molecular formula is C15H22N2O4. The largest absolute Gasteiger partial charge is 0.480 e. The number of rotatable bonds is 7. The highest BCUT2D eigenvalue weighted by Crippen LogP contribution is 2.38. The normalized spacial score (nSPS) is 13.9. The van der Waals surface area contributed by atoms with Crippen molar-refractivity contribution >= 4 is 5.91 Å². The molecule has 0 aliphatic carbocycles. The lowest BCUT2D eigenvalue weighted by Gasteiger charge is -2.17. The van der Waals surface area contributed by atoms with Gasteiger partial charge in [-0.3, -0.25) is 4.79 Å². The highest BCUT2D eigenvalue weighted by atomic mass is 16.7. The van der Waals surface area contributed by atoms with Crippen LogP contribution in [0.4, 0.5) is 0 Å². The maximum absolute atomic E-state index is 11.9. The molecule has 1 amide bonds. The van der Waals surface area contributed by atoms with Gasteiger partial charge in [0.25, 0.3) is 5.91 Å². The van der Waals surface area contributed by atoms with Gasteiger partial charge in [-0.25, -0.2) is 0 Å². The molecule has 6 heteroatoms. The Kier molecular flexibility index (Phi) is 5.27. The first-order valence-electron chi connectivity index (χ1n) is 7.22. The van der Waals surface area contributed by atoms with Crippen molar-refractivity contribution in [3.63, 3.8) is 0 Å². The SMILES string of the molecule is CCCNC(=O)C(C)Oc1cc2c(cc1CCN)OCO2. The summed E-state index contributed by atoms with van der Waals surface area (Å²) in [7, 11) is 0. The van der Waals surface area contributed by atoms with Gasteiger partial charge in [0.15, 0.2) is 17.6 Å². The Morgan fingerprint density at radius 3 is 2.81 bits per heavy atom. The van der Waals surface area contributed by atoms with Crippen LogP contribution in [0.25, 0.3) is 0 Å². The van der Waals surface area contributed by atoms with Crippen LogP contribution in [0.15, 0.2) is 12.1 Å². The number of nitrogens with one attached hydrogen (secondary N) is 1. The molecule has 0 aromatic heterocycles. The minimum absolute atomic E-state index is 0.131. The van der Waals surface area contributed by atoms with Crippen molar-refractivity contribution in [3.8, 4) is 17.2 Å². The quantitative estimate of drug-likeness (QED) is 0.790. The maximum Gasteiger partial charge on any atom is 0.260 e. The van der Waals surface area contributed by atoms with Crippen molar-refractivity contribution in [2.45, 2.75) is 32.8 Å². The summed E-state index contributed by atoms with van der Waals surface area (Å²) in [6, 6.07) is 3.62. The second-order valence-electron chi connectivity index (χ2n) is 4.90. The number of nitrogens with two attached hydrogens (primary N) is 1. The molecule has 0 saturated carbocycles. The molecule has 1 aliphatic heterocycles. The fourth-order valence-corrected chi connectivity index (χ4v) is 2.06. The van der Waals surface area contributed by atoms with E-state index in [0.29, 0.717) is 36.8 Å². The zero-order valence-corrected chi connectivity index (χ0v) is 12.5. The molecule has 6 nitrogen and oxygen atoms in total. The molecule has 0 bridgehead atoms. The second-order valence-corrected chi connectivity index (χ2v) is 4.90. The molecule has 1 aliphatic rings. The van der Waals surface area contributed by atoms with Gasteiger partial charge in [0.1, 0.15) is 5.75 Å². The van der Waals surface area contributed by atoms with Crippen molar-refractivity contribution in [3.05, 3.63) is 17.7 Å². The third kappa shape index (κ3) is 3.78. The Morgan fingerprint density at radius 2 is 2.14 bits per heavy atom. The molecule has 3 N–H and O–H groups in total. The first kappa shape index (κ1) is 15.4. The third-order valence-corrected chi connectivity index (χ3v) is 3.19. The Morgan fingerprint density at radius 1 is 1.43 bits per heavy atom. The van der Waals surface area contributed by atoms with Crippen LogP contribution in [-0.2, 0) is 11.2 Å². The van der Waals surface area contributed by atoms with E-state index in [9.17, 15) is 4.79 Å². The minimum atomic E-state index is -0.576. The topological polar surface area (TPSA) is 82.8 Å². The summed E-state index contributed by atoms with van der Waals surface area (Å²) in [5, 5.41) is 2.81. The Balaban J connectivity index is 2.12. The summed E-state index contributed by atoms with van der Waals surface area (Å²) in [5.41, 5.74) is 6.54. The van der Waals surface area contributed by atoms with Gasteiger partial charge in [0.2, 0.25) is 6.79 Å². The van der Waals surface area contributed by atoms with E-state index in [-0.39, 0.29) is 12.7 Å². The summed E-state index contributed by atoms with van der Waals surface area (Å²) < 4.78 is 16.5. The molecule has 1 aromatic rings. The number of amides is 1. The molecule has 2 rings (SSSR count). The van der Waals surface area contributed by atoms with Crippen LogP contribution in [-0.4, -0.2) is 31.9 Å². The van der Waals surface area contributed by atoms with E-state index in [1.165, 1.54) is 0 Å². The zero-order chi connectivity index (χ0) is 15.2. The van der Waals surface area contributed by atoms with Gasteiger partial charge in [-0.2, -0.15) is 0 Å². The number of benzene rings is 1. The standard InChI is InChI=1S/C15H22N2O4/c1-3-6-17-15(18)10(2)21-12-8-14-13(19-9-20-14)7-11(12)4-5-16/h7-8,10H,3-6,9,16H2,1-2H3,(H,17,18). The van der Waals surface area contributed by atoms with E-state index in [4.69, 9.17) is 19.9 Å². The number of fused-ring (bicyclic) bond motifs is 1. The average molecular weight is 294 g/mol. The van der Waals surface area contributed by atoms with Gasteiger partial charge in [-0.05, 0) is 37.9 Å². The molecule has 1 unspecified atom stereocenters. The van der Waals surface area contributed by atoms with Crippen LogP contribution >= 0.6 is 0 Å². The van der Waals surface area contributed by atoms with Crippen LogP contribution in [0.5, 0.6) is 17.2 Å². The van der Waals surface area contributed by atoms with Crippen molar-refractivity contribution in [1.29, 1.82) is 0 Å². The number of hydrogen-bond acceptors (Lipinski definition) is 5. The van der Waals surface area contributed by atoms with E-state index in [0.717, 1.165) is 12.0 Å². The third-order valence-electron chi connectivity index (χ3n) is 3.19. The molecule has 0 radical (unpaired) electrons. The second kappa shape index (κ2) is 7.17. The monoisotopic (exact) mass is 294 g/mol. The molecule has 1 heterocycles. The van der Waals surface area contributed by atoms with Crippen molar-refractivity contribution in [2.75, 3.05) is 19.9 Å². The zero-order valence-electron chi connectivity index (χ0n) is 12.5. The summed E-state index contributed by atoms with van der Waals surface area (Å²) in [4.78, 5) is 11.9. The van der Waals surface area contributed by atoms with Gasteiger partial charge in [-0.1, -0.05) is 6.92 Å². The maximum atomic E-state index is 11.9. The Hall–Kier alpha value is -1.95. The van der Waals surface area contributed by atoms with E-state index in [1.54, 1.807) is 13.0 Å². The van der Waals surface area contributed by atoms with E-state index in [2.05, 4.69) is 5.32 Å². The van der Waals surface area contributed by atoms with Crippen LogP contribution in [0.1, 0.15) is 25.8 Å². The molecule has 0 saturated heterocycles. The van der Waals surface area contributed by atoms with Crippen LogP contribution in [0.3, 0.4) is 0 Å². The number of carbonyl (C=O) groups excluding carboxylic acids is 1. The fourth-order valence-electron chi connectivity index (χ4n) is 2.06. The lowest BCUT2D eigenvalue weighted by molar-refractivity contribution is -0.127. The molecule has 116 valence electrons. The van der Waals surface area contributed by atoms with Gasteiger partial charge in [0, 0.05) is 12.6 Å². The van der Waals surface area contributed by atoms with Crippen molar-refractivity contribution in [1.82, 2.24) is 5.32 Å². The predicted octanol–water partition coefficient (Wildman–Crippen LogP) is 1.21. The minimum Gasteiger partial charge on any atom is -0.480 e. The average Bonchev–Trinajstić information content (AvgIpc) is 2.92. The highest BCUT2D eigenvalue weighted by Gasteiger charge is 2.21. The number of carbonyl (C=O) groups is 1. The Labute approximate surface area is 124 Å². The predicted molar refractivity (Wildman–Crippen MR) is 78.7 cm³/mol. The van der Waals surface area contributed by atoms with Gasteiger partial charge >= 0.3 is 0 Å². The van der Waals surface area contributed by atoms with Crippen molar-refractivity contribution in [2.24, 2.45) is 5.73 Å². The summed E-state index contributed by atoms with van der Waals surface area (Å²) in [5.74, 6) is 1.80. The Bertz CT molecular complexity index is 505. The molecule has 0 spiro atoms.